The Morgan fingerprint density at radius 2 is 1.50 bits per heavy atom. The fourth-order valence-electron chi connectivity index (χ4n) is 2.80. The van der Waals surface area contributed by atoms with E-state index in [0.717, 1.165) is 18.6 Å². The Labute approximate surface area is 140 Å². The molecule has 0 aliphatic heterocycles. The monoisotopic (exact) mass is 324 g/mol. The number of carbonyl (C=O) groups excluding carboxylic acids is 2. The highest BCUT2D eigenvalue weighted by Crippen LogP contribution is 2.24. The molecule has 0 saturated heterocycles. The summed E-state index contributed by atoms with van der Waals surface area (Å²) in [5.74, 6) is 0.0873. The third-order valence-electron chi connectivity index (χ3n) is 4.15. The van der Waals surface area contributed by atoms with Gasteiger partial charge in [0.05, 0.1) is 6.10 Å². The molecule has 5 heteroatoms. The molecule has 1 saturated carbocycles. The van der Waals surface area contributed by atoms with Gasteiger partial charge in [0.25, 0.3) is 5.91 Å². The minimum atomic E-state index is -0.495. The van der Waals surface area contributed by atoms with Crippen molar-refractivity contribution >= 4 is 17.5 Å². The lowest BCUT2D eigenvalue weighted by Crippen LogP contribution is -2.14. The van der Waals surface area contributed by atoms with Gasteiger partial charge in [0.1, 0.15) is 5.75 Å². The Bertz CT molecular complexity index is 717. The summed E-state index contributed by atoms with van der Waals surface area (Å²) < 4.78 is 5.89. The molecule has 1 aliphatic rings. The number of hydrogen-bond donors (Lipinski definition) is 2. The second kappa shape index (κ2) is 7.17. The maximum atomic E-state index is 12.2. The third kappa shape index (κ3) is 3.93. The molecule has 0 atom stereocenters. The van der Waals surface area contributed by atoms with Gasteiger partial charge in [-0.15, -0.1) is 0 Å². The topological polar surface area (TPSA) is 81.4 Å². The normalized spacial score (nSPS) is 14.3. The smallest absolute Gasteiger partial charge is 0.255 e. The van der Waals surface area contributed by atoms with Gasteiger partial charge in [-0.05, 0) is 74.2 Å². The first-order valence-electron chi connectivity index (χ1n) is 8.10. The van der Waals surface area contributed by atoms with Crippen LogP contribution >= 0.6 is 0 Å². The largest absolute Gasteiger partial charge is 0.490 e. The second-order valence-corrected chi connectivity index (χ2v) is 5.94. The van der Waals surface area contributed by atoms with Gasteiger partial charge in [0.15, 0.2) is 0 Å². The summed E-state index contributed by atoms with van der Waals surface area (Å²) in [7, 11) is 0. The zero-order valence-electron chi connectivity index (χ0n) is 13.3. The van der Waals surface area contributed by atoms with Crippen molar-refractivity contribution in [3.05, 3.63) is 59.7 Å². The lowest BCUT2D eigenvalue weighted by molar-refractivity contribution is 0.0998. The van der Waals surface area contributed by atoms with E-state index in [9.17, 15) is 9.59 Å². The first-order valence-corrected chi connectivity index (χ1v) is 8.10. The molecule has 1 aliphatic carbocycles. The molecule has 1 fully saturated rings. The first kappa shape index (κ1) is 16.1. The van der Waals surface area contributed by atoms with Crippen LogP contribution in [0, 0.1) is 0 Å². The Morgan fingerprint density at radius 1 is 0.917 bits per heavy atom. The highest BCUT2D eigenvalue weighted by Gasteiger charge is 2.16. The average molecular weight is 324 g/mol. The van der Waals surface area contributed by atoms with Crippen molar-refractivity contribution in [2.75, 3.05) is 5.32 Å². The summed E-state index contributed by atoms with van der Waals surface area (Å²) in [6.07, 6.45) is 4.94. The molecule has 5 nitrogen and oxygen atoms in total. The van der Waals surface area contributed by atoms with E-state index in [4.69, 9.17) is 10.5 Å². The number of rotatable bonds is 5. The predicted octanol–water partition coefficient (Wildman–Crippen LogP) is 3.36. The van der Waals surface area contributed by atoms with E-state index in [1.165, 1.54) is 12.8 Å². The number of benzene rings is 2. The Kier molecular flexibility index (Phi) is 4.79. The lowest BCUT2D eigenvalue weighted by atomic mass is 10.1. The van der Waals surface area contributed by atoms with Gasteiger partial charge in [-0.3, -0.25) is 9.59 Å². The maximum Gasteiger partial charge on any atom is 0.255 e. The van der Waals surface area contributed by atoms with Crippen LogP contribution < -0.4 is 15.8 Å². The fraction of sp³-hybridized carbons (Fsp3) is 0.263. The predicted molar refractivity (Wildman–Crippen MR) is 92.2 cm³/mol. The van der Waals surface area contributed by atoms with Crippen molar-refractivity contribution < 1.29 is 14.3 Å². The van der Waals surface area contributed by atoms with E-state index in [1.54, 1.807) is 36.4 Å². The third-order valence-corrected chi connectivity index (χ3v) is 4.15. The minimum absolute atomic E-state index is 0.214. The fourth-order valence-corrected chi connectivity index (χ4v) is 2.80. The average Bonchev–Trinajstić information content (AvgIpc) is 3.09. The van der Waals surface area contributed by atoms with E-state index >= 15 is 0 Å². The molecule has 0 heterocycles. The molecule has 0 radical (unpaired) electrons. The van der Waals surface area contributed by atoms with Crippen LogP contribution in [-0.2, 0) is 0 Å². The molecule has 3 N–H and O–H groups in total. The van der Waals surface area contributed by atoms with Gasteiger partial charge >= 0.3 is 0 Å². The van der Waals surface area contributed by atoms with Crippen LogP contribution in [0.5, 0.6) is 5.75 Å². The van der Waals surface area contributed by atoms with Gasteiger partial charge < -0.3 is 15.8 Å². The van der Waals surface area contributed by atoms with E-state index in [0.29, 0.717) is 22.9 Å². The Hall–Kier alpha value is -2.82. The number of hydrogen-bond acceptors (Lipinski definition) is 3. The van der Waals surface area contributed by atoms with Crippen molar-refractivity contribution in [3.63, 3.8) is 0 Å². The second-order valence-electron chi connectivity index (χ2n) is 5.94. The van der Waals surface area contributed by atoms with Crippen LogP contribution in [-0.4, -0.2) is 17.9 Å². The number of primary amides is 1. The molecule has 0 bridgehead atoms. The van der Waals surface area contributed by atoms with Gasteiger partial charge in [0.2, 0.25) is 5.91 Å². The van der Waals surface area contributed by atoms with Crippen molar-refractivity contribution in [2.24, 2.45) is 5.73 Å². The van der Waals surface area contributed by atoms with Crippen LogP contribution in [0.15, 0.2) is 48.5 Å². The van der Waals surface area contributed by atoms with Gasteiger partial charge in [0, 0.05) is 16.8 Å². The molecule has 24 heavy (non-hydrogen) atoms. The summed E-state index contributed by atoms with van der Waals surface area (Å²) in [6.45, 7) is 0. The zero-order chi connectivity index (χ0) is 16.9. The summed E-state index contributed by atoms with van der Waals surface area (Å²) in [5.41, 5.74) is 6.75. The van der Waals surface area contributed by atoms with E-state index in [2.05, 4.69) is 5.32 Å². The standard InChI is InChI=1S/C19H20N2O3/c20-18(22)13-5-9-15(10-6-13)21-19(23)14-7-11-17(12-8-14)24-16-3-1-2-4-16/h5-12,16H,1-4H2,(H2,20,22)(H,21,23). The van der Waals surface area contributed by atoms with Gasteiger partial charge in [-0.2, -0.15) is 0 Å². The lowest BCUT2D eigenvalue weighted by Gasteiger charge is -2.13. The number of amides is 2. The maximum absolute atomic E-state index is 12.2. The number of ether oxygens (including phenoxy) is 1. The van der Waals surface area contributed by atoms with Crippen LogP contribution in [0.3, 0.4) is 0 Å². The van der Waals surface area contributed by atoms with Crippen LogP contribution in [0.1, 0.15) is 46.4 Å². The molecule has 0 aromatic heterocycles. The summed E-state index contributed by atoms with van der Waals surface area (Å²) in [6, 6.07) is 13.6. The highest BCUT2D eigenvalue weighted by molar-refractivity contribution is 6.04. The SMILES string of the molecule is NC(=O)c1ccc(NC(=O)c2ccc(OC3CCCC3)cc2)cc1. The molecule has 2 aromatic carbocycles. The molecule has 3 rings (SSSR count). The summed E-state index contributed by atoms with van der Waals surface area (Å²) >= 11 is 0. The molecule has 124 valence electrons. The van der Waals surface area contributed by atoms with Crippen LogP contribution in [0.4, 0.5) is 5.69 Å². The summed E-state index contributed by atoms with van der Waals surface area (Å²) in [5, 5.41) is 2.79. The molecule has 2 aromatic rings. The van der Waals surface area contributed by atoms with Crippen LogP contribution in [0.2, 0.25) is 0 Å². The molecule has 0 spiro atoms. The zero-order valence-corrected chi connectivity index (χ0v) is 13.3. The molecule has 2 amide bonds. The minimum Gasteiger partial charge on any atom is -0.490 e. The van der Waals surface area contributed by atoms with Gasteiger partial charge in [-0.25, -0.2) is 0 Å². The van der Waals surface area contributed by atoms with Gasteiger partial charge in [-0.1, -0.05) is 0 Å². The quantitative estimate of drug-likeness (QED) is 0.885. The number of nitrogens with one attached hydrogen (secondary N) is 1. The molecular weight excluding hydrogens is 304 g/mol. The molecule has 0 unspecified atom stereocenters. The number of anilines is 1. The van der Waals surface area contributed by atoms with Crippen molar-refractivity contribution in [2.45, 2.75) is 31.8 Å². The number of carbonyl (C=O) groups is 2. The molecular formula is C19H20N2O3. The Morgan fingerprint density at radius 3 is 2.08 bits per heavy atom. The summed E-state index contributed by atoms with van der Waals surface area (Å²) in [4.78, 5) is 23.3. The Balaban J connectivity index is 1.60. The highest BCUT2D eigenvalue weighted by atomic mass is 16.5. The first-order chi connectivity index (χ1) is 11.6. The van der Waals surface area contributed by atoms with E-state index in [1.807, 2.05) is 12.1 Å². The van der Waals surface area contributed by atoms with E-state index < -0.39 is 5.91 Å². The van der Waals surface area contributed by atoms with Crippen LogP contribution in [0.25, 0.3) is 0 Å². The van der Waals surface area contributed by atoms with Crippen molar-refractivity contribution in [1.29, 1.82) is 0 Å². The number of nitrogens with two attached hydrogens (primary N) is 1. The van der Waals surface area contributed by atoms with E-state index in [-0.39, 0.29) is 5.91 Å². The van der Waals surface area contributed by atoms with Crippen molar-refractivity contribution in [3.8, 4) is 5.75 Å². The van der Waals surface area contributed by atoms with Crippen molar-refractivity contribution in [1.82, 2.24) is 0 Å².